The molecule has 0 aliphatic carbocycles. The SMILES string of the molecule is CCCNC(=O)CCNC(=NC)N1CCC(c2cnn(C)c2)C1. The van der Waals surface area contributed by atoms with Gasteiger partial charge in [0.05, 0.1) is 6.20 Å². The summed E-state index contributed by atoms with van der Waals surface area (Å²) in [5.74, 6) is 1.46. The number of guanidine groups is 1. The van der Waals surface area contributed by atoms with Crippen LogP contribution in [0.25, 0.3) is 0 Å². The van der Waals surface area contributed by atoms with Crippen LogP contribution in [0.5, 0.6) is 0 Å². The van der Waals surface area contributed by atoms with Gasteiger partial charge in [-0.05, 0) is 18.4 Å². The highest BCUT2D eigenvalue weighted by atomic mass is 16.1. The Balaban J connectivity index is 1.77. The van der Waals surface area contributed by atoms with Crippen LogP contribution in [0.15, 0.2) is 17.4 Å². The second-order valence-electron chi connectivity index (χ2n) is 5.95. The summed E-state index contributed by atoms with van der Waals surface area (Å²) < 4.78 is 1.85. The smallest absolute Gasteiger partial charge is 0.221 e. The maximum Gasteiger partial charge on any atom is 0.221 e. The van der Waals surface area contributed by atoms with Crippen molar-refractivity contribution in [3.8, 4) is 0 Å². The molecule has 1 amide bonds. The number of aliphatic imine (C=N–C) groups is 1. The van der Waals surface area contributed by atoms with E-state index in [1.54, 1.807) is 7.05 Å². The normalized spacial score (nSPS) is 18.3. The number of nitrogens with zero attached hydrogens (tertiary/aromatic N) is 4. The van der Waals surface area contributed by atoms with Crippen molar-refractivity contribution in [1.29, 1.82) is 0 Å². The monoisotopic (exact) mass is 320 g/mol. The molecule has 23 heavy (non-hydrogen) atoms. The van der Waals surface area contributed by atoms with Gasteiger partial charge in [0.2, 0.25) is 5.91 Å². The van der Waals surface area contributed by atoms with Gasteiger partial charge >= 0.3 is 0 Å². The standard InChI is InChI=1S/C16H28N6O/c1-4-7-18-15(23)5-8-19-16(17-2)22-9-6-13(12-22)14-10-20-21(3)11-14/h10-11,13H,4-9,12H2,1-3H3,(H,17,19)(H,18,23). The number of amides is 1. The van der Waals surface area contributed by atoms with Crippen molar-refractivity contribution in [3.63, 3.8) is 0 Å². The van der Waals surface area contributed by atoms with Crippen LogP contribution in [-0.2, 0) is 11.8 Å². The van der Waals surface area contributed by atoms with E-state index in [0.29, 0.717) is 18.9 Å². The number of rotatable bonds is 6. The summed E-state index contributed by atoms with van der Waals surface area (Å²) >= 11 is 0. The lowest BCUT2D eigenvalue weighted by Gasteiger charge is -2.21. The Bertz CT molecular complexity index is 538. The first-order valence-corrected chi connectivity index (χ1v) is 8.34. The van der Waals surface area contributed by atoms with Crippen LogP contribution < -0.4 is 10.6 Å². The third-order valence-corrected chi connectivity index (χ3v) is 4.10. The Kier molecular flexibility index (Phi) is 6.43. The van der Waals surface area contributed by atoms with Crippen LogP contribution in [0.1, 0.15) is 37.7 Å². The number of nitrogens with one attached hydrogen (secondary N) is 2. The molecule has 1 aliphatic rings. The fourth-order valence-electron chi connectivity index (χ4n) is 2.85. The van der Waals surface area contributed by atoms with Crippen LogP contribution in [0.2, 0.25) is 0 Å². The van der Waals surface area contributed by atoms with E-state index in [1.807, 2.05) is 24.9 Å². The Morgan fingerprint density at radius 3 is 2.91 bits per heavy atom. The molecule has 128 valence electrons. The first-order valence-electron chi connectivity index (χ1n) is 8.34. The van der Waals surface area contributed by atoms with Gasteiger partial charge in [-0.2, -0.15) is 5.10 Å². The minimum atomic E-state index is 0.0875. The second kappa shape index (κ2) is 8.55. The molecule has 0 saturated carbocycles. The summed E-state index contributed by atoms with van der Waals surface area (Å²) in [4.78, 5) is 18.2. The average Bonchev–Trinajstić information content (AvgIpc) is 3.18. The second-order valence-corrected chi connectivity index (χ2v) is 5.95. The zero-order chi connectivity index (χ0) is 16.7. The van der Waals surface area contributed by atoms with E-state index in [4.69, 9.17) is 0 Å². The molecule has 1 fully saturated rings. The molecular formula is C16H28N6O. The number of hydrogen-bond acceptors (Lipinski definition) is 3. The lowest BCUT2D eigenvalue weighted by molar-refractivity contribution is -0.120. The molecule has 0 aromatic carbocycles. The van der Waals surface area contributed by atoms with Crippen LogP contribution in [-0.4, -0.2) is 59.8 Å². The van der Waals surface area contributed by atoms with Crippen molar-refractivity contribution in [2.24, 2.45) is 12.0 Å². The molecule has 0 radical (unpaired) electrons. The first kappa shape index (κ1) is 17.3. The lowest BCUT2D eigenvalue weighted by Crippen LogP contribution is -2.41. The van der Waals surface area contributed by atoms with Gasteiger partial charge in [0.1, 0.15) is 0 Å². The van der Waals surface area contributed by atoms with Crippen molar-refractivity contribution in [2.75, 3.05) is 33.2 Å². The van der Waals surface area contributed by atoms with Crippen molar-refractivity contribution >= 4 is 11.9 Å². The summed E-state index contributed by atoms with van der Waals surface area (Å²) in [7, 11) is 3.73. The van der Waals surface area contributed by atoms with E-state index in [-0.39, 0.29) is 5.91 Å². The number of likely N-dealkylation sites (tertiary alicyclic amines) is 1. The Morgan fingerprint density at radius 2 is 2.26 bits per heavy atom. The van der Waals surface area contributed by atoms with E-state index < -0.39 is 0 Å². The molecule has 7 heteroatoms. The minimum absolute atomic E-state index is 0.0875. The van der Waals surface area contributed by atoms with Crippen molar-refractivity contribution in [1.82, 2.24) is 25.3 Å². The molecule has 1 saturated heterocycles. The van der Waals surface area contributed by atoms with E-state index in [0.717, 1.165) is 38.4 Å². The Hall–Kier alpha value is -2.05. The van der Waals surface area contributed by atoms with Gasteiger partial charge in [0.15, 0.2) is 5.96 Å². The third-order valence-electron chi connectivity index (χ3n) is 4.10. The molecule has 2 rings (SSSR count). The number of carbonyl (C=O) groups excluding carboxylic acids is 1. The van der Waals surface area contributed by atoms with Gasteiger partial charge in [-0.25, -0.2) is 0 Å². The Morgan fingerprint density at radius 1 is 1.43 bits per heavy atom. The molecule has 1 aliphatic heterocycles. The fourth-order valence-corrected chi connectivity index (χ4v) is 2.85. The highest BCUT2D eigenvalue weighted by Gasteiger charge is 2.26. The van der Waals surface area contributed by atoms with Crippen LogP contribution >= 0.6 is 0 Å². The van der Waals surface area contributed by atoms with Gasteiger partial charge in [0, 0.05) is 58.8 Å². The predicted molar refractivity (Wildman–Crippen MR) is 91.4 cm³/mol. The molecule has 0 spiro atoms. The van der Waals surface area contributed by atoms with Gasteiger partial charge in [-0.3, -0.25) is 14.5 Å². The van der Waals surface area contributed by atoms with Crippen molar-refractivity contribution < 1.29 is 4.79 Å². The number of hydrogen-bond donors (Lipinski definition) is 2. The first-order chi connectivity index (χ1) is 11.1. The zero-order valence-electron chi connectivity index (χ0n) is 14.4. The Labute approximate surface area is 138 Å². The molecular weight excluding hydrogens is 292 g/mol. The van der Waals surface area contributed by atoms with Gasteiger partial charge in [0.25, 0.3) is 0 Å². The number of carbonyl (C=O) groups is 1. The molecule has 0 bridgehead atoms. The maximum atomic E-state index is 11.6. The average molecular weight is 320 g/mol. The number of aryl methyl sites for hydroxylation is 1. The largest absolute Gasteiger partial charge is 0.356 e. The molecule has 1 aromatic heterocycles. The lowest BCUT2D eigenvalue weighted by atomic mass is 10.0. The van der Waals surface area contributed by atoms with Gasteiger partial charge < -0.3 is 15.5 Å². The fraction of sp³-hybridized carbons (Fsp3) is 0.688. The van der Waals surface area contributed by atoms with E-state index in [1.165, 1.54) is 5.56 Å². The van der Waals surface area contributed by atoms with Gasteiger partial charge in [-0.1, -0.05) is 6.92 Å². The quantitative estimate of drug-likeness (QED) is 0.598. The summed E-state index contributed by atoms with van der Waals surface area (Å²) in [6.45, 7) is 5.31. The third kappa shape index (κ3) is 4.97. The van der Waals surface area contributed by atoms with Crippen LogP contribution in [0.3, 0.4) is 0 Å². The van der Waals surface area contributed by atoms with E-state index in [2.05, 4.69) is 31.8 Å². The topological polar surface area (TPSA) is 74.6 Å². The van der Waals surface area contributed by atoms with Crippen molar-refractivity contribution in [2.45, 2.75) is 32.1 Å². The minimum Gasteiger partial charge on any atom is -0.356 e. The molecule has 1 atom stereocenters. The summed E-state index contributed by atoms with van der Waals surface area (Å²) in [5, 5.41) is 10.4. The highest BCUT2D eigenvalue weighted by Crippen LogP contribution is 2.26. The molecule has 2 heterocycles. The molecule has 2 N–H and O–H groups in total. The van der Waals surface area contributed by atoms with Crippen molar-refractivity contribution in [3.05, 3.63) is 18.0 Å². The summed E-state index contributed by atoms with van der Waals surface area (Å²) in [6.07, 6.45) is 6.57. The summed E-state index contributed by atoms with van der Waals surface area (Å²) in [5.41, 5.74) is 1.28. The molecule has 1 unspecified atom stereocenters. The van der Waals surface area contributed by atoms with E-state index >= 15 is 0 Å². The maximum absolute atomic E-state index is 11.6. The van der Waals surface area contributed by atoms with Gasteiger partial charge in [-0.15, -0.1) is 0 Å². The van der Waals surface area contributed by atoms with E-state index in [9.17, 15) is 4.79 Å². The number of aromatic nitrogens is 2. The molecule has 1 aromatic rings. The zero-order valence-corrected chi connectivity index (χ0v) is 14.4. The van der Waals surface area contributed by atoms with Crippen LogP contribution in [0, 0.1) is 0 Å². The van der Waals surface area contributed by atoms with Crippen LogP contribution in [0.4, 0.5) is 0 Å². The highest BCUT2D eigenvalue weighted by molar-refractivity contribution is 5.81. The predicted octanol–water partition coefficient (Wildman–Crippen LogP) is 0.701. The summed E-state index contributed by atoms with van der Waals surface area (Å²) in [6, 6.07) is 0. The molecule has 7 nitrogen and oxygen atoms in total.